The van der Waals surface area contributed by atoms with E-state index in [0.717, 1.165) is 19.4 Å². The quantitative estimate of drug-likeness (QED) is 0.653. The smallest absolute Gasteiger partial charge is 0.309 e. The summed E-state index contributed by atoms with van der Waals surface area (Å²) in [5.74, 6) is -0.226. The Bertz CT molecular complexity index is 536. The minimum absolute atomic E-state index is 0.0369. The first kappa shape index (κ1) is 15.4. The van der Waals surface area contributed by atoms with Gasteiger partial charge < -0.3 is 10.1 Å². The molecule has 2 heterocycles. The molecule has 0 aromatic carbocycles. The highest BCUT2D eigenvalue weighted by atomic mass is 16.6. The van der Waals surface area contributed by atoms with Crippen molar-refractivity contribution in [2.75, 3.05) is 6.61 Å². The Hall–Kier alpha value is -1.96. The highest BCUT2D eigenvalue weighted by molar-refractivity contribution is 5.80. The van der Waals surface area contributed by atoms with Gasteiger partial charge in [-0.05, 0) is 33.6 Å². The second-order valence-corrected chi connectivity index (χ2v) is 5.36. The van der Waals surface area contributed by atoms with Crippen LogP contribution in [0.5, 0.6) is 0 Å². The first-order chi connectivity index (χ1) is 9.90. The van der Waals surface area contributed by atoms with Crippen molar-refractivity contribution in [3.8, 4) is 0 Å². The third kappa shape index (κ3) is 3.38. The number of nitrogens with zero attached hydrogens (tertiary/aromatic N) is 3. The molecule has 1 N–H and O–H groups in total. The average molecular weight is 296 g/mol. The van der Waals surface area contributed by atoms with Gasteiger partial charge in [0.25, 0.3) is 0 Å². The van der Waals surface area contributed by atoms with Gasteiger partial charge in [-0.3, -0.25) is 19.6 Å². The van der Waals surface area contributed by atoms with Crippen LogP contribution in [0.3, 0.4) is 0 Å². The van der Waals surface area contributed by atoms with E-state index in [1.165, 1.54) is 10.9 Å². The number of aromatic nitrogens is 2. The minimum Gasteiger partial charge on any atom is -0.376 e. The first-order valence-electron chi connectivity index (χ1n) is 7.02. The molecule has 2 rings (SSSR count). The van der Waals surface area contributed by atoms with Crippen LogP contribution in [0.15, 0.2) is 6.20 Å². The Morgan fingerprint density at radius 1 is 1.62 bits per heavy atom. The van der Waals surface area contributed by atoms with E-state index >= 15 is 0 Å². The van der Waals surface area contributed by atoms with Crippen LogP contribution in [0.25, 0.3) is 0 Å². The Morgan fingerprint density at radius 3 is 2.86 bits per heavy atom. The van der Waals surface area contributed by atoms with Crippen molar-refractivity contribution in [2.45, 2.75) is 51.8 Å². The van der Waals surface area contributed by atoms with E-state index in [1.807, 2.05) is 6.92 Å². The maximum Gasteiger partial charge on any atom is 0.309 e. The fraction of sp³-hybridized carbons (Fsp3) is 0.692. The molecule has 8 nitrogen and oxygen atoms in total. The largest absolute Gasteiger partial charge is 0.376 e. The van der Waals surface area contributed by atoms with Crippen LogP contribution in [0.4, 0.5) is 5.69 Å². The Balaban J connectivity index is 2.01. The lowest BCUT2D eigenvalue weighted by Crippen LogP contribution is -2.43. The Labute approximate surface area is 122 Å². The van der Waals surface area contributed by atoms with E-state index in [0.29, 0.717) is 5.69 Å². The lowest BCUT2D eigenvalue weighted by atomic mass is 10.1. The van der Waals surface area contributed by atoms with E-state index in [2.05, 4.69) is 10.4 Å². The molecular weight excluding hydrogens is 276 g/mol. The maximum atomic E-state index is 12.2. The van der Waals surface area contributed by atoms with Crippen LogP contribution < -0.4 is 5.32 Å². The maximum absolute atomic E-state index is 12.2. The summed E-state index contributed by atoms with van der Waals surface area (Å²) in [5, 5.41) is 17.7. The Kier molecular flexibility index (Phi) is 4.56. The zero-order chi connectivity index (χ0) is 15.6. The van der Waals surface area contributed by atoms with Gasteiger partial charge in [-0.25, -0.2) is 0 Å². The summed E-state index contributed by atoms with van der Waals surface area (Å²) < 4.78 is 6.85. The van der Waals surface area contributed by atoms with Crippen molar-refractivity contribution in [3.05, 3.63) is 22.0 Å². The molecule has 1 aromatic rings. The molecule has 1 aromatic heterocycles. The number of nitro groups is 1. The van der Waals surface area contributed by atoms with Crippen LogP contribution in [0.2, 0.25) is 0 Å². The number of rotatable bonds is 5. The lowest BCUT2D eigenvalue weighted by Gasteiger charge is -2.22. The molecular formula is C13H20N4O4. The molecule has 21 heavy (non-hydrogen) atoms. The monoisotopic (exact) mass is 296 g/mol. The Morgan fingerprint density at radius 2 is 2.33 bits per heavy atom. The van der Waals surface area contributed by atoms with E-state index in [4.69, 9.17) is 4.74 Å². The van der Waals surface area contributed by atoms with Crippen LogP contribution in [0, 0.1) is 17.0 Å². The molecule has 1 saturated heterocycles. The average Bonchev–Trinajstić information content (AvgIpc) is 3.06. The van der Waals surface area contributed by atoms with Crippen molar-refractivity contribution in [1.29, 1.82) is 0 Å². The topological polar surface area (TPSA) is 99.3 Å². The van der Waals surface area contributed by atoms with E-state index in [-0.39, 0.29) is 23.7 Å². The molecule has 0 saturated carbocycles. The minimum atomic E-state index is -0.610. The third-order valence-electron chi connectivity index (χ3n) is 3.76. The summed E-state index contributed by atoms with van der Waals surface area (Å²) in [6.45, 7) is 5.84. The van der Waals surface area contributed by atoms with Crippen molar-refractivity contribution in [3.63, 3.8) is 0 Å². The van der Waals surface area contributed by atoms with Gasteiger partial charge in [0.05, 0.1) is 17.1 Å². The number of carbonyl (C=O) groups is 1. The summed E-state index contributed by atoms with van der Waals surface area (Å²) >= 11 is 0. The molecule has 0 spiro atoms. The summed E-state index contributed by atoms with van der Waals surface area (Å²) in [6.07, 6.45) is 3.26. The molecule has 0 bridgehead atoms. The molecule has 1 fully saturated rings. The van der Waals surface area contributed by atoms with Crippen LogP contribution >= 0.6 is 0 Å². The van der Waals surface area contributed by atoms with Gasteiger partial charge >= 0.3 is 5.69 Å². The zero-order valence-corrected chi connectivity index (χ0v) is 12.4. The lowest BCUT2D eigenvalue weighted by molar-refractivity contribution is -0.385. The number of carbonyl (C=O) groups excluding carboxylic acids is 1. The summed E-state index contributed by atoms with van der Waals surface area (Å²) in [7, 11) is 0. The summed E-state index contributed by atoms with van der Waals surface area (Å²) in [4.78, 5) is 22.5. The van der Waals surface area contributed by atoms with Gasteiger partial charge in [0.15, 0.2) is 0 Å². The predicted molar refractivity (Wildman–Crippen MR) is 74.9 cm³/mol. The SMILES string of the molecule is Cc1nn([C@@H](C)C(=O)N[C@H](C)[C@@H]2CCCO2)cc1[N+](=O)[O-]. The van der Waals surface area contributed by atoms with Gasteiger partial charge in [0.1, 0.15) is 17.9 Å². The van der Waals surface area contributed by atoms with E-state index in [9.17, 15) is 14.9 Å². The number of amides is 1. The van der Waals surface area contributed by atoms with E-state index < -0.39 is 11.0 Å². The van der Waals surface area contributed by atoms with Crippen LogP contribution in [-0.4, -0.2) is 39.4 Å². The highest BCUT2D eigenvalue weighted by Gasteiger charge is 2.27. The van der Waals surface area contributed by atoms with Crippen molar-refractivity contribution in [1.82, 2.24) is 15.1 Å². The van der Waals surface area contributed by atoms with Gasteiger partial charge in [-0.15, -0.1) is 0 Å². The second kappa shape index (κ2) is 6.21. The van der Waals surface area contributed by atoms with Crippen LogP contribution in [0.1, 0.15) is 38.4 Å². The van der Waals surface area contributed by atoms with Crippen molar-refractivity contribution in [2.24, 2.45) is 0 Å². The van der Waals surface area contributed by atoms with Gasteiger partial charge in [-0.1, -0.05) is 0 Å². The van der Waals surface area contributed by atoms with E-state index in [1.54, 1.807) is 13.8 Å². The number of nitrogens with one attached hydrogen (secondary N) is 1. The second-order valence-electron chi connectivity index (χ2n) is 5.36. The number of ether oxygens (including phenoxy) is 1. The van der Waals surface area contributed by atoms with Crippen molar-refractivity contribution >= 4 is 11.6 Å². The number of hydrogen-bond donors (Lipinski definition) is 1. The molecule has 1 aliphatic rings. The summed E-state index contributed by atoms with van der Waals surface area (Å²) in [6, 6.07) is -0.699. The number of aryl methyl sites for hydroxylation is 1. The van der Waals surface area contributed by atoms with Gasteiger partial charge in [0.2, 0.25) is 5.91 Å². The highest BCUT2D eigenvalue weighted by Crippen LogP contribution is 2.19. The first-order valence-corrected chi connectivity index (χ1v) is 7.02. The van der Waals surface area contributed by atoms with Gasteiger partial charge in [-0.2, -0.15) is 5.10 Å². The fourth-order valence-corrected chi connectivity index (χ4v) is 2.40. The normalized spacial score (nSPS) is 21.0. The van der Waals surface area contributed by atoms with Crippen LogP contribution in [-0.2, 0) is 9.53 Å². The van der Waals surface area contributed by atoms with Gasteiger partial charge in [0, 0.05) is 6.61 Å². The molecule has 3 atom stereocenters. The molecule has 1 aliphatic heterocycles. The molecule has 0 aliphatic carbocycles. The zero-order valence-electron chi connectivity index (χ0n) is 12.4. The standard InChI is InChI=1S/C13H20N4O4/c1-8-11(17(19)20)7-16(15-8)10(3)13(18)14-9(2)12-5-4-6-21-12/h7,9-10,12H,4-6H2,1-3H3,(H,14,18)/t9-,10+,12+/m1/s1. The molecule has 8 heteroatoms. The third-order valence-corrected chi connectivity index (χ3v) is 3.76. The van der Waals surface area contributed by atoms with Crippen molar-refractivity contribution < 1.29 is 14.5 Å². The molecule has 1 amide bonds. The molecule has 0 radical (unpaired) electrons. The predicted octanol–water partition coefficient (Wildman–Crippen LogP) is 1.34. The molecule has 0 unspecified atom stereocenters. The summed E-state index contributed by atoms with van der Waals surface area (Å²) in [5.41, 5.74) is 0.216. The number of hydrogen-bond acceptors (Lipinski definition) is 5. The molecule has 116 valence electrons. The fourth-order valence-electron chi connectivity index (χ4n) is 2.40.